The molecule has 0 aliphatic heterocycles. The Labute approximate surface area is 198 Å². The van der Waals surface area contributed by atoms with Crippen LogP contribution in [-0.4, -0.2) is 35.2 Å². The summed E-state index contributed by atoms with van der Waals surface area (Å²) in [6, 6.07) is 8.48. The standard InChI is InChI=1S/C23H37N5O.HI/c1-6-24-23(26-13-7-8-15-28-16-14-25-20(28)5)27-19(4)21-9-11-22(12-10-21)29-17-18(2)3;/h9-12,14,16,18-19H,6-8,13,15,17H2,1-5H3,(H2,24,26,27);1H. The molecule has 0 radical (unpaired) electrons. The fourth-order valence-corrected chi connectivity index (χ4v) is 2.95. The van der Waals surface area contributed by atoms with Gasteiger partial charge in [0.1, 0.15) is 11.6 Å². The molecule has 2 rings (SSSR count). The van der Waals surface area contributed by atoms with Crippen LogP contribution < -0.4 is 15.4 Å². The molecule has 2 aromatic rings. The zero-order valence-corrected chi connectivity index (χ0v) is 21.3. The van der Waals surface area contributed by atoms with E-state index < -0.39 is 0 Å². The zero-order chi connectivity index (χ0) is 21.1. The molecule has 7 heteroatoms. The van der Waals surface area contributed by atoms with Gasteiger partial charge in [-0.05, 0) is 57.2 Å². The van der Waals surface area contributed by atoms with Crippen LogP contribution >= 0.6 is 24.0 Å². The largest absolute Gasteiger partial charge is 0.493 e. The molecule has 1 aromatic heterocycles. The van der Waals surface area contributed by atoms with Crippen molar-refractivity contribution in [2.45, 2.75) is 60.0 Å². The van der Waals surface area contributed by atoms with Crippen LogP contribution in [0.15, 0.2) is 41.7 Å². The van der Waals surface area contributed by atoms with E-state index in [1.807, 2.05) is 31.5 Å². The zero-order valence-electron chi connectivity index (χ0n) is 19.0. The monoisotopic (exact) mass is 527 g/mol. The summed E-state index contributed by atoms with van der Waals surface area (Å²) in [6.07, 6.45) is 6.02. The molecule has 0 saturated carbocycles. The maximum absolute atomic E-state index is 5.77. The number of hydrogen-bond donors (Lipinski definition) is 2. The van der Waals surface area contributed by atoms with Gasteiger partial charge in [0.2, 0.25) is 0 Å². The third-order valence-corrected chi connectivity index (χ3v) is 4.66. The minimum Gasteiger partial charge on any atom is -0.493 e. The molecule has 0 aliphatic rings. The van der Waals surface area contributed by atoms with Crippen molar-refractivity contribution in [3.63, 3.8) is 0 Å². The normalized spacial score (nSPS) is 12.4. The first kappa shape index (κ1) is 26.3. The second-order valence-corrected chi connectivity index (χ2v) is 7.78. The first-order valence-corrected chi connectivity index (χ1v) is 10.7. The first-order valence-electron chi connectivity index (χ1n) is 10.7. The van der Waals surface area contributed by atoms with Crippen LogP contribution in [0.4, 0.5) is 0 Å². The number of aryl methyl sites for hydroxylation is 2. The Morgan fingerprint density at radius 1 is 1.17 bits per heavy atom. The van der Waals surface area contributed by atoms with Crippen molar-refractivity contribution in [1.82, 2.24) is 20.2 Å². The van der Waals surface area contributed by atoms with E-state index in [1.54, 1.807) is 0 Å². The topological polar surface area (TPSA) is 63.5 Å². The fraction of sp³-hybridized carbons (Fsp3) is 0.565. The average Bonchev–Trinajstić information content (AvgIpc) is 3.11. The fourth-order valence-electron chi connectivity index (χ4n) is 2.95. The first-order chi connectivity index (χ1) is 14.0. The van der Waals surface area contributed by atoms with Gasteiger partial charge in [-0.2, -0.15) is 0 Å². The Morgan fingerprint density at radius 3 is 2.50 bits per heavy atom. The van der Waals surface area contributed by atoms with E-state index in [0.717, 1.165) is 56.6 Å². The lowest BCUT2D eigenvalue weighted by Gasteiger charge is -2.19. The van der Waals surface area contributed by atoms with E-state index in [4.69, 9.17) is 9.73 Å². The van der Waals surface area contributed by atoms with Crippen LogP contribution in [0.1, 0.15) is 58.0 Å². The van der Waals surface area contributed by atoms with Gasteiger partial charge < -0.3 is 19.9 Å². The number of nitrogens with zero attached hydrogens (tertiary/aromatic N) is 3. The Hall–Kier alpha value is -1.77. The van der Waals surface area contributed by atoms with E-state index >= 15 is 0 Å². The Kier molecular flexibility index (Phi) is 12.5. The number of halogens is 1. The van der Waals surface area contributed by atoms with E-state index in [9.17, 15) is 0 Å². The van der Waals surface area contributed by atoms with E-state index in [0.29, 0.717) is 5.92 Å². The maximum Gasteiger partial charge on any atom is 0.191 e. The molecule has 168 valence electrons. The molecule has 1 atom stereocenters. The van der Waals surface area contributed by atoms with Gasteiger partial charge in [-0.1, -0.05) is 26.0 Å². The van der Waals surface area contributed by atoms with Crippen molar-refractivity contribution in [2.24, 2.45) is 10.9 Å². The van der Waals surface area contributed by atoms with E-state index in [1.165, 1.54) is 5.56 Å². The van der Waals surface area contributed by atoms with Gasteiger partial charge in [0.15, 0.2) is 5.96 Å². The van der Waals surface area contributed by atoms with E-state index in [-0.39, 0.29) is 30.0 Å². The minimum absolute atomic E-state index is 0. The highest BCUT2D eigenvalue weighted by Crippen LogP contribution is 2.18. The lowest BCUT2D eigenvalue weighted by molar-refractivity contribution is 0.271. The number of guanidine groups is 1. The number of unbranched alkanes of at least 4 members (excludes halogenated alkanes) is 1. The Morgan fingerprint density at radius 2 is 1.90 bits per heavy atom. The van der Waals surface area contributed by atoms with Gasteiger partial charge in [-0.3, -0.25) is 4.99 Å². The van der Waals surface area contributed by atoms with Crippen LogP contribution in [0.5, 0.6) is 5.75 Å². The molecule has 6 nitrogen and oxygen atoms in total. The molecule has 0 bridgehead atoms. The number of nitrogens with one attached hydrogen (secondary N) is 2. The van der Waals surface area contributed by atoms with Crippen molar-refractivity contribution < 1.29 is 4.74 Å². The van der Waals surface area contributed by atoms with Gasteiger partial charge in [-0.15, -0.1) is 24.0 Å². The molecule has 1 heterocycles. The molecule has 2 N–H and O–H groups in total. The SMILES string of the molecule is CCNC(=NCCCCn1ccnc1C)NC(C)c1ccc(OCC(C)C)cc1.I. The quantitative estimate of drug-likeness (QED) is 0.188. The molecule has 1 unspecified atom stereocenters. The molecule has 0 aliphatic carbocycles. The molecule has 0 fully saturated rings. The second kappa shape index (κ2) is 14.3. The molecule has 0 spiro atoms. The molecule has 1 aromatic carbocycles. The summed E-state index contributed by atoms with van der Waals surface area (Å²) in [5.41, 5.74) is 1.21. The van der Waals surface area contributed by atoms with Crippen molar-refractivity contribution in [3.8, 4) is 5.75 Å². The Bertz CT molecular complexity index is 742. The average molecular weight is 527 g/mol. The summed E-state index contributed by atoms with van der Waals surface area (Å²) in [4.78, 5) is 8.99. The number of aliphatic imine (C=N–C) groups is 1. The number of ether oxygens (including phenoxy) is 1. The third-order valence-electron chi connectivity index (χ3n) is 4.66. The summed E-state index contributed by atoms with van der Waals surface area (Å²) in [6.45, 7) is 14.0. The van der Waals surface area contributed by atoms with Crippen LogP contribution in [-0.2, 0) is 6.54 Å². The molecular formula is C23H38IN5O. The summed E-state index contributed by atoms with van der Waals surface area (Å²) in [5.74, 6) is 3.37. The summed E-state index contributed by atoms with van der Waals surface area (Å²) < 4.78 is 7.95. The number of imidazole rings is 1. The van der Waals surface area contributed by atoms with Gasteiger partial charge in [0, 0.05) is 32.0 Å². The highest BCUT2D eigenvalue weighted by molar-refractivity contribution is 14.0. The lowest BCUT2D eigenvalue weighted by atomic mass is 10.1. The summed E-state index contributed by atoms with van der Waals surface area (Å²) in [7, 11) is 0. The van der Waals surface area contributed by atoms with Gasteiger partial charge in [-0.25, -0.2) is 4.98 Å². The van der Waals surface area contributed by atoms with Crippen LogP contribution in [0, 0.1) is 12.8 Å². The number of rotatable bonds is 11. The van der Waals surface area contributed by atoms with Crippen molar-refractivity contribution >= 4 is 29.9 Å². The number of benzene rings is 1. The minimum atomic E-state index is 0. The van der Waals surface area contributed by atoms with Crippen molar-refractivity contribution in [2.75, 3.05) is 19.7 Å². The van der Waals surface area contributed by atoms with Gasteiger partial charge in [0.25, 0.3) is 0 Å². The number of hydrogen-bond acceptors (Lipinski definition) is 3. The van der Waals surface area contributed by atoms with E-state index in [2.05, 4.69) is 60.0 Å². The predicted octanol–water partition coefficient (Wildman–Crippen LogP) is 4.94. The van der Waals surface area contributed by atoms with Crippen LogP contribution in [0.2, 0.25) is 0 Å². The number of aromatic nitrogens is 2. The van der Waals surface area contributed by atoms with Gasteiger partial charge >= 0.3 is 0 Å². The molecule has 30 heavy (non-hydrogen) atoms. The molecular weight excluding hydrogens is 489 g/mol. The predicted molar refractivity (Wildman–Crippen MR) is 136 cm³/mol. The summed E-state index contributed by atoms with van der Waals surface area (Å²) in [5, 5.41) is 6.84. The smallest absolute Gasteiger partial charge is 0.191 e. The van der Waals surface area contributed by atoms with Gasteiger partial charge in [0.05, 0.1) is 12.6 Å². The van der Waals surface area contributed by atoms with Crippen LogP contribution in [0.3, 0.4) is 0 Å². The lowest BCUT2D eigenvalue weighted by Crippen LogP contribution is -2.38. The second-order valence-electron chi connectivity index (χ2n) is 7.78. The summed E-state index contributed by atoms with van der Waals surface area (Å²) >= 11 is 0. The van der Waals surface area contributed by atoms with Crippen molar-refractivity contribution in [3.05, 3.63) is 48.0 Å². The van der Waals surface area contributed by atoms with Crippen LogP contribution in [0.25, 0.3) is 0 Å². The van der Waals surface area contributed by atoms with Crippen molar-refractivity contribution in [1.29, 1.82) is 0 Å². The Balaban J connectivity index is 0.00000450. The highest BCUT2D eigenvalue weighted by Gasteiger charge is 2.08. The highest BCUT2D eigenvalue weighted by atomic mass is 127. The molecule has 0 saturated heterocycles. The third kappa shape index (κ3) is 9.36. The molecule has 0 amide bonds. The maximum atomic E-state index is 5.77.